The molecule has 0 rings (SSSR count). The molecule has 0 radical (unpaired) electrons. The van der Waals surface area contributed by atoms with Crippen LogP contribution in [0, 0.1) is 0 Å². The number of rotatable bonds is 6. The van der Waals surface area contributed by atoms with Crippen molar-refractivity contribution in [2.75, 3.05) is 21.3 Å². The molecule has 0 spiro atoms. The number of carbonyl (C=O) groups is 3. The molecule has 1 atom stereocenters. The summed E-state index contributed by atoms with van der Waals surface area (Å²) < 4.78 is 13.1. The molecule has 7 nitrogen and oxygen atoms in total. The highest BCUT2D eigenvalue weighted by Gasteiger charge is 2.17. The summed E-state index contributed by atoms with van der Waals surface area (Å²) in [6.07, 6.45) is 1.71. The number of ether oxygens (including phenoxy) is 3. The Kier molecular flexibility index (Phi) is 7.87. The van der Waals surface area contributed by atoms with Gasteiger partial charge < -0.3 is 19.3 Å². The van der Waals surface area contributed by atoms with Crippen LogP contribution in [-0.4, -0.2) is 50.4 Å². The molecule has 0 aromatic rings. The second kappa shape index (κ2) is 8.87. The van der Waals surface area contributed by atoms with Gasteiger partial charge in [-0.25, -0.2) is 14.4 Å². The molecule has 0 aliphatic carbocycles. The summed E-state index contributed by atoms with van der Waals surface area (Å²) in [7, 11) is 3.50. The zero-order chi connectivity index (χ0) is 14.8. The van der Waals surface area contributed by atoms with Crippen LogP contribution in [0.2, 0.25) is 0 Å². The molecule has 0 aromatic heterocycles. The smallest absolute Gasteiger partial charge is 0.335 e. The number of hydrogen-bond donors (Lipinski definition) is 1. The van der Waals surface area contributed by atoms with E-state index in [0.29, 0.717) is 0 Å². The van der Waals surface area contributed by atoms with E-state index >= 15 is 0 Å². The molecule has 0 saturated carbocycles. The number of aliphatic hydroxyl groups excluding tert-OH is 1. The maximum absolute atomic E-state index is 11.1. The average molecular weight is 272 g/mol. The summed E-state index contributed by atoms with van der Waals surface area (Å²) in [4.78, 5) is 33.1. The van der Waals surface area contributed by atoms with Crippen LogP contribution < -0.4 is 0 Å². The van der Waals surface area contributed by atoms with E-state index in [0.717, 1.165) is 19.3 Å². The van der Waals surface area contributed by atoms with Gasteiger partial charge in [-0.1, -0.05) is 6.08 Å². The van der Waals surface area contributed by atoms with E-state index in [1.807, 2.05) is 0 Å². The van der Waals surface area contributed by atoms with Crippen LogP contribution in [-0.2, 0) is 28.6 Å². The lowest BCUT2D eigenvalue weighted by Gasteiger charge is -2.08. The fraction of sp³-hybridized carbons (Fsp3) is 0.417. The highest BCUT2D eigenvalue weighted by Crippen LogP contribution is 2.09. The lowest BCUT2D eigenvalue weighted by atomic mass is 10.1. The highest BCUT2D eigenvalue weighted by atomic mass is 16.5. The molecule has 0 heterocycles. The second-order valence-electron chi connectivity index (χ2n) is 3.34. The van der Waals surface area contributed by atoms with Gasteiger partial charge in [0.15, 0.2) is 6.10 Å². The van der Waals surface area contributed by atoms with Gasteiger partial charge >= 0.3 is 17.9 Å². The van der Waals surface area contributed by atoms with Gasteiger partial charge in [0, 0.05) is 18.6 Å². The predicted molar refractivity (Wildman–Crippen MR) is 63.9 cm³/mol. The molecule has 1 N–H and O–H groups in total. The van der Waals surface area contributed by atoms with Gasteiger partial charge in [0.2, 0.25) is 0 Å². The first-order chi connectivity index (χ1) is 8.94. The molecular formula is C12H16O7. The second-order valence-corrected chi connectivity index (χ2v) is 3.34. The van der Waals surface area contributed by atoms with Crippen molar-refractivity contribution >= 4 is 17.9 Å². The zero-order valence-electron chi connectivity index (χ0n) is 10.9. The normalized spacial score (nSPS) is 12.9. The Hall–Kier alpha value is -2.15. The maximum atomic E-state index is 11.1. The first-order valence-corrected chi connectivity index (χ1v) is 5.25. The van der Waals surface area contributed by atoms with Crippen LogP contribution in [0.5, 0.6) is 0 Å². The highest BCUT2D eigenvalue weighted by molar-refractivity contribution is 5.86. The molecule has 1 unspecified atom stereocenters. The Bertz CT molecular complexity index is 395. The average Bonchev–Trinajstić information content (AvgIpc) is 2.42. The fourth-order valence-corrected chi connectivity index (χ4v) is 1.07. The first kappa shape index (κ1) is 16.9. The van der Waals surface area contributed by atoms with E-state index in [2.05, 4.69) is 14.2 Å². The van der Waals surface area contributed by atoms with Crippen molar-refractivity contribution in [3.05, 3.63) is 23.8 Å². The summed E-state index contributed by atoms with van der Waals surface area (Å²) in [6.45, 7) is 0. The van der Waals surface area contributed by atoms with Crippen LogP contribution in [0.25, 0.3) is 0 Å². The lowest BCUT2D eigenvalue weighted by molar-refractivity contribution is -0.150. The molecule has 0 saturated heterocycles. The minimum atomic E-state index is -1.44. The van der Waals surface area contributed by atoms with Crippen LogP contribution >= 0.6 is 0 Å². The van der Waals surface area contributed by atoms with E-state index in [4.69, 9.17) is 0 Å². The zero-order valence-corrected chi connectivity index (χ0v) is 10.9. The number of methoxy groups -OCH3 is 3. The number of allylic oxidation sites excluding steroid dienone is 1. The van der Waals surface area contributed by atoms with E-state index in [-0.39, 0.29) is 12.0 Å². The van der Waals surface area contributed by atoms with Crippen molar-refractivity contribution in [1.82, 2.24) is 0 Å². The molecular weight excluding hydrogens is 256 g/mol. The largest absolute Gasteiger partial charge is 0.467 e. The molecule has 7 heteroatoms. The Morgan fingerprint density at radius 2 is 1.58 bits per heavy atom. The van der Waals surface area contributed by atoms with Crippen LogP contribution in [0.4, 0.5) is 0 Å². The third kappa shape index (κ3) is 6.99. The number of esters is 3. The Labute approximate surface area is 110 Å². The van der Waals surface area contributed by atoms with Crippen molar-refractivity contribution in [2.45, 2.75) is 12.5 Å². The molecule has 0 fully saturated rings. The maximum Gasteiger partial charge on any atom is 0.335 e. The van der Waals surface area contributed by atoms with Gasteiger partial charge in [0.1, 0.15) is 0 Å². The predicted octanol–water partition coefficient (Wildman–Crippen LogP) is -0.261. The molecule has 0 bridgehead atoms. The molecule has 0 aliphatic rings. The Balaban J connectivity index is 4.92. The van der Waals surface area contributed by atoms with Crippen LogP contribution in [0.3, 0.4) is 0 Å². The molecule has 0 aliphatic heterocycles. The van der Waals surface area contributed by atoms with E-state index < -0.39 is 24.0 Å². The summed E-state index contributed by atoms with van der Waals surface area (Å²) in [5.74, 6) is -2.16. The van der Waals surface area contributed by atoms with Crippen molar-refractivity contribution in [1.29, 1.82) is 0 Å². The van der Waals surface area contributed by atoms with E-state index in [1.165, 1.54) is 20.3 Å². The minimum absolute atomic E-state index is 0.199. The summed E-state index contributed by atoms with van der Waals surface area (Å²) in [5, 5.41) is 9.48. The molecule has 0 amide bonds. The van der Waals surface area contributed by atoms with Gasteiger partial charge in [-0.3, -0.25) is 0 Å². The quantitative estimate of drug-likeness (QED) is 0.308. The van der Waals surface area contributed by atoms with Crippen molar-refractivity contribution in [3.63, 3.8) is 0 Å². The monoisotopic (exact) mass is 272 g/mol. The number of carbonyl (C=O) groups excluding carboxylic acids is 3. The minimum Gasteiger partial charge on any atom is -0.467 e. The Morgan fingerprint density at radius 3 is 2.05 bits per heavy atom. The SMILES string of the molecule is COC(=O)/C=C(\C=C\C(=O)OC)CC(O)C(=O)OC. The van der Waals surface area contributed by atoms with E-state index in [1.54, 1.807) is 0 Å². The van der Waals surface area contributed by atoms with Gasteiger partial charge in [-0.15, -0.1) is 0 Å². The Morgan fingerprint density at radius 1 is 1.00 bits per heavy atom. The van der Waals surface area contributed by atoms with Gasteiger partial charge in [0.05, 0.1) is 21.3 Å². The standard InChI is InChI=1S/C12H16O7/c1-17-10(14)5-4-8(7-11(15)18-2)6-9(13)12(16)19-3/h4-5,7,9,13H,6H2,1-3H3/b5-4+,8-7+. The van der Waals surface area contributed by atoms with Gasteiger partial charge in [-0.05, 0) is 5.57 Å². The van der Waals surface area contributed by atoms with Crippen LogP contribution in [0.15, 0.2) is 23.8 Å². The third-order valence-corrected chi connectivity index (χ3v) is 2.04. The molecule has 106 valence electrons. The van der Waals surface area contributed by atoms with E-state index in [9.17, 15) is 19.5 Å². The fourth-order valence-electron chi connectivity index (χ4n) is 1.07. The lowest BCUT2D eigenvalue weighted by Crippen LogP contribution is -2.22. The van der Waals surface area contributed by atoms with Gasteiger partial charge in [-0.2, -0.15) is 0 Å². The summed E-state index contributed by atoms with van der Waals surface area (Å²) in [5.41, 5.74) is 0.218. The van der Waals surface area contributed by atoms with Crippen LogP contribution in [0.1, 0.15) is 6.42 Å². The van der Waals surface area contributed by atoms with Gasteiger partial charge in [0.25, 0.3) is 0 Å². The molecule has 19 heavy (non-hydrogen) atoms. The van der Waals surface area contributed by atoms with Crippen molar-refractivity contribution < 1.29 is 33.7 Å². The van der Waals surface area contributed by atoms with Crippen molar-refractivity contribution in [3.8, 4) is 0 Å². The topological polar surface area (TPSA) is 99.1 Å². The third-order valence-electron chi connectivity index (χ3n) is 2.04. The number of aliphatic hydroxyl groups is 1. The first-order valence-electron chi connectivity index (χ1n) is 5.25. The van der Waals surface area contributed by atoms with Crippen molar-refractivity contribution in [2.24, 2.45) is 0 Å². The number of hydrogen-bond acceptors (Lipinski definition) is 7. The molecule has 0 aromatic carbocycles. The summed E-state index contributed by atoms with van der Waals surface area (Å²) in [6, 6.07) is 0. The summed E-state index contributed by atoms with van der Waals surface area (Å²) >= 11 is 0.